The van der Waals surface area contributed by atoms with Gasteiger partial charge in [0.1, 0.15) is 5.75 Å². The number of rotatable bonds is 7. The lowest BCUT2D eigenvalue weighted by Crippen LogP contribution is -2.53. The number of ether oxygens (including phenoxy) is 1. The first-order valence-electron chi connectivity index (χ1n) is 9.84. The van der Waals surface area contributed by atoms with Crippen LogP contribution < -0.4 is 10.1 Å². The summed E-state index contributed by atoms with van der Waals surface area (Å²) in [5.74, 6) is 0.620. The predicted octanol–water partition coefficient (Wildman–Crippen LogP) is 3.07. The van der Waals surface area contributed by atoms with E-state index in [9.17, 15) is 13.2 Å². The number of benzene rings is 2. The molecule has 0 aromatic heterocycles. The Labute approximate surface area is 182 Å². The van der Waals surface area contributed by atoms with Crippen molar-refractivity contribution in [3.8, 4) is 5.75 Å². The van der Waals surface area contributed by atoms with Crippen LogP contribution in [0.1, 0.15) is 13.8 Å². The normalized spacial score (nSPS) is 16.8. The van der Waals surface area contributed by atoms with Crippen LogP contribution >= 0.6 is 11.6 Å². The summed E-state index contributed by atoms with van der Waals surface area (Å²) in [6.45, 7) is 5.93. The minimum atomic E-state index is -3.57. The molecule has 0 aliphatic carbocycles. The molecule has 1 saturated heterocycles. The number of carbonyl (C=O) groups is 1. The lowest BCUT2D eigenvalue weighted by Gasteiger charge is -2.36. The summed E-state index contributed by atoms with van der Waals surface area (Å²) in [5.41, 5.74) is 0.694. The van der Waals surface area contributed by atoms with E-state index in [0.29, 0.717) is 43.5 Å². The quantitative estimate of drug-likeness (QED) is 0.699. The average Bonchev–Trinajstić information content (AvgIpc) is 2.75. The van der Waals surface area contributed by atoms with Gasteiger partial charge in [-0.15, -0.1) is 0 Å². The number of sulfonamides is 1. The molecule has 1 N–H and O–H groups in total. The largest absolute Gasteiger partial charge is 0.494 e. The molecule has 1 unspecified atom stereocenters. The van der Waals surface area contributed by atoms with E-state index in [-0.39, 0.29) is 16.8 Å². The Morgan fingerprint density at radius 2 is 1.67 bits per heavy atom. The van der Waals surface area contributed by atoms with Crippen molar-refractivity contribution < 1.29 is 17.9 Å². The van der Waals surface area contributed by atoms with Gasteiger partial charge in [-0.2, -0.15) is 4.31 Å². The summed E-state index contributed by atoms with van der Waals surface area (Å²) in [7, 11) is -3.57. The number of hydrogen-bond acceptors (Lipinski definition) is 5. The third-order valence-electron chi connectivity index (χ3n) is 5.08. The summed E-state index contributed by atoms with van der Waals surface area (Å²) in [5, 5.41) is 3.39. The highest BCUT2D eigenvalue weighted by molar-refractivity contribution is 7.89. The van der Waals surface area contributed by atoms with Crippen LogP contribution in [0.4, 0.5) is 5.69 Å². The summed E-state index contributed by atoms with van der Waals surface area (Å²) in [4.78, 5) is 14.8. The maximum Gasteiger partial charge on any atom is 0.243 e. The Bertz CT molecular complexity index is 957. The monoisotopic (exact) mass is 451 g/mol. The maximum atomic E-state index is 12.8. The van der Waals surface area contributed by atoms with Crippen LogP contribution in [0.2, 0.25) is 5.02 Å². The highest BCUT2D eigenvalue weighted by Gasteiger charge is 2.31. The van der Waals surface area contributed by atoms with Crippen LogP contribution in [0.15, 0.2) is 53.4 Å². The van der Waals surface area contributed by atoms with E-state index in [1.807, 2.05) is 30.9 Å². The van der Waals surface area contributed by atoms with E-state index >= 15 is 0 Å². The Kier molecular flexibility index (Phi) is 7.36. The molecule has 9 heteroatoms. The molecule has 0 saturated carbocycles. The van der Waals surface area contributed by atoms with Gasteiger partial charge in [-0.25, -0.2) is 8.42 Å². The van der Waals surface area contributed by atoms with Crippen LogP contribution in [0.25, 0.3) is 0 Å². The second-order valence-corrected chi connectivity index (χ2v) is 9.39. The third kappa shape index (κ3) is 5.31. The van der Waals surface area contributed by atoms with E-state index in [1.54, 1.807) is 24.3 Å². The van der Waals surface area contributed by atoms with Gasteiger partial charge in [0.15, 0.2) is 0 Å². The number of carbonyl (C=O) groups excluding carboxylic acids is 1. The number of piperazine rings is 1. The summed E-state index contributed by atoms with van der Waals surface area (Å²) in [6, 6.07) is 13.0. The van der Waals surface area contributed by atoms with E-state index in [4.69, 9.17) is 16.3 Å². The molecule has 0 bridgehead atoms. The summed E-state index contributed by atoms with van der Waals surface area (Å²) < 4.78 is 32.4. The summed E-state index contributed by atoms with van der Waals surface area (Å²) in [6.07, 6.45) is 0. The van der Waals surface area contributed by atoms with Gasteiger partial charge >= 0.3 is 0 Å². The molecule has 1 aliphatic heterocycles. The van der Waals surface area contributed by atoms with Crippen molar-refractivity contribution in [1.29, 1.82) is 0 Å². The molecule has 0 spiro atoms. The molecule has 2 aromatic rings. The number of halogens is 1. The van der Waals surface area contributed by atoms with Crippen LogP contribution in [-0.2, 0) is 14.8 Å². The Morgan fingerprint density at radius 3 is 2.23 bits per heavy atom. The molecule has 1 atom stereocenters. The fourth-order valence-electron chi connectivity index (χ4n) is 3.30. The molecule has 162 valence electrons. The fourth-order valence-corrected chi connectivity index (χ4v) is 4.85. The minimum Gasteiger partial charge on any atom is -0.494 e. The molecular weight excluding hydrogens is 426 g/mol. The van der Waals surface area contributed by atoms with Crippen molar-refractivity contribution in [1.82, 2.24) is 9.21 Å². The van der Waals surface area contributed by atoms with Crippen molar-refractivity contribution in [3.63, 3.8) is 0 Å². The second kappa shape index (κ2) is 9.78. The van der Waals surface area contributed by atoms with Crippen molar-refractivity contribution in [3.05, 3.63) is 53.6 Å². The molecule has 7 nitrogen and oxygen atoms in total. The molecule has 1 aliphatic rings. The SMILES string of the molecule is CCOc1ccc(NC(=O)C(C)N2CCN(S(=O)(=O)c3ccc(Cl)cc3)CC2)cc1. The van der Waals surface area contributed by atoms with Crippen LogP contribution in [-0.4, -0.2) is 62.4 Å². The highest BCUT2D eigenvalue weighted by Crippen LogP contribution is 2.21. The molecule has 1 fully saturated rings. The zero-order chi connectivity index (χ0) is 21.7. The lowest BCUT2D eigenvalue weighted by atomic mass is 10.2. The van der Waals surface area contributed by atoms with Crippen LogP contribution in [0.3, 0.4) is 0 Å². The van der Waals surface area contributed by atoms with Gasteiger partial charge in [0.2, 0.25) is 15.9 Å². The van der Waals surface area contributed by atoms with Gasteiger partial charge in [-0.1, -0.05) is 11.6 Å². The van der Waals surface area contributed by atoms with Crippen molar-refractivity contribution >= 4 is 33.2 Å². The molecule has 30 heavy (non-hydrogen) atoms. The number of nitrogens with one attached hydrogen (secondary N) is 1. The number of anilines is 1. The molecule has 0 radical (unpaired) electrons. The predicted molar refractivity (Wildman–Crippen MR) is 117 cm³/mol. The fraction of sp³-hybridized carbons (Fsp3) is 0.381. The van der Waals surface area contributed by atoms with Crippen molar-refractivity contribution in [2.24, 2.45) is 0 Å². The van der Waals surface area contributed by atoms with Gasteiger partial charge < -0.3 is 10.1 Å². The van der Waals surface area contributed by atoms with Gasteiger partial charge in [0, 0.05) is 36.9 Å². The van der Waals surface area contributed by atoms with Crippen LogP contribution in [0.5, 0.6) is 5.75 Å². The molecule has 2 aromatic carbocycles. The highest BCUT2D eigenvalue weighted by atomic mass is 35.5. The number of nitrogens with zero attached hydrogens (tertiary/aromatic N) is 2. The first-order chi connectivity index (χ1) is 14.3. The minimum absolute atomic E-state index is 0.131. The van der Waals surface area contributed by atoms with Gasteiger partial charge in [0.05, 0.1) is 17.5 Å². The smallest absolute Gasteiger partial charge is 0.243 e. The van der Waals surface area contributed by atoms with Crippen molar-refractivity contribution in [2.75, 3.05) is 38.1 Å². The summed E-state index contributed by atoms with van der Waals surface area (Å²) >= 11 is 5.85. The second-order valence-electron chi connectivity index (χ2n) is 7.02. The molecule has 1 amide bonds. The first-order valence-corrected chi connectivity index (χ1v) is 11.7. The van der Waals surface area contributed by atoms with Gasteiger partial charge in [-0.3, -0.25) is 9.69 Å². The van der Waals surface area contributed by atoms with Gasteiger partial charge in [0.25, 0.3) is 0 Å². The van der Waals surface area contributed by atoms with E-state index in [2.05, 4.69) is 5.32 Å². The lowest BCUT2D eigenvalue weighted by molar-refractivity contribution is -0.121. The molecular formula is C21H26ClN3O4S. The Balaban J connectivity index is 1.56. The Hall–Kier alpha value is -2.13. The Morgan fingerprint density at radius 1 is 1.07 bits per heavy atom. The van der Waals surface area contributed by atoms with Gasteiger partial charge in [-0.05, 0) is 62.4 Å². The topological polar surface area (TPSA) is 79.0 Å². The zero-order valence-corrected chi connectivity index (χ0v) is 18.6. The number of amides is 1. The number of hydrogen-bond donors (Lipinski definition) is 1. The van der Waals surface area contributed by atoms with E-state index in [0.717, 1.165) is 5.75 Å². The van der Waals surface area contributed by atoms with Crippen LogP contribution in [0, 0.1) is 0 Å². The third-order valence-corrected chi connectivity index (χ3v) is 7.25. The molecule has 1 heterocycles. The van der Waals surface area contributed by atoms with E-state index < -0.39 is 10.0 Å². The van der Waals surface area contributed by atoms with Crippen molar-refractivity contribution in [2.45, 2.75) is 24.8 Å². The first kappa shape index (κ1) is 22.6. The maximum absolute atomic E-state index is 12.8. The zero-order valence-electron chi connectivity index (χ0n) is 17.0. The molecule has 3 rings (SSSR count). The standard InChI is InChI=1S/C21H26ClN3O4S/c1-3-29-19-8-6-18(7-9-19)23-21(26)16(2)24-12-14-25(15-13-24)30(27,28)20-10-4-17(22)5-11-20/h4-11,16H,3,12-15H2,1-2H3,(H,23,26). The van der Waals surface area contributed by atoms with E-state index in [1.165, 1.54) is 16.4 Å². The average molecular weight is 452 g/mol.